The molecule has 4 rings (SSSR count). The normalized spacial score (nSPS) is 14.4. The highest BCUT2D eigenvalue weighted by molar-refractivity contribution is 7.11. The number of alkyl halides is 3. The summed E-state index contributed by atoms with van der Waals surface area (Å²) in [5, 5.41) is 1.81. The van der Waals surface area contributed by atoms with Gasteiger partial charge in [-0.1, -0.05) is 36.4 Å². The van der Waals surface area contributed by atoms with Gasteiger partial charge in [0.25, 0.3) is 11.8 Å². The molecule has 0 atom stereocenters. The molecule has 8 heteroatoms. The van der Waals surface area contributed by atoms with E-state index in [1.807, 2.05) is 42.6 Å². The molecule has 0 bridgehead atoms. The van der Waals surface area contributed by atoms with Gasteiger partial charge in [0.15, 0.2) is 0 Å². The van der Waals surface area contributed by atoms with Crippen LogP contribution < -0.4 is 4.90 Å². The minimum Gasteiger partial charge on any atom is -0.337 e. The van der Waals surface area contributed by atoms with Crippen LogP contribution in [-0.2, 0) is 22.3 Å². The van der Waals surface area contributed by atoms with Crippen molar-refractivity contribution in [3.63, 3.8) is 0 Å². The molecule has 2 heterocycles. The summed E-state index contributed by atoms with van der Waals surface area (Å²) in [6.07, 6.45) is -4.51. The molecule has 0 saturated carbocycles. The number of nitrogens with zero attached hydrogens (tertiary/aromatic N) is 2. The number of imide groups is 1. The highest BCUT2D eigenvalue weighted by atomic mass is 32.1. The first-order valence-corrected chi connectivity index (χ1v) is 10.8. The van der Waals surface area contributed by atoms with Gasteiger partial charge in [-0.05, 0) is 48.2 Å². The minimum atomic E-state index is -4.51. The second kappa shape index (κ2) is 8.63. The Bertz CT molecular complexity index is 1170. The van der Waals surface area contributed by atoms with E-state index in [2.05, 4.69) is 0 Å². The standard InChI is InChI=1S/C24H19F3N2O2S/c1-2-28(18-10-4-3-5-11-18)21-20(19-12-7-13-32-19)22(30)29(23(21)31)15-16-8-6-9-17(14-16)24(25,26)27/h3-14H,2,15H2,1H3. The lowest BCUT2D eigenvalue weighted by atomic mass is 10.1. The molecular weight excluding hydrogens is 437 g/mol. The van der Waals surface area contributed by atoms with Crippen molar-refractivity contribution >= 4 is 34.4 Å². The lowest BCUT2D eigenvalue weighted by molar-refractivity contribution is -0.137. The predicted octanol–water partition coefficient (Wildman–Crippen LogP) is 5.57. The zero-order chi connectivity index (χ0) is 22.9. The Morgan fingerprint density at radius 2 is 1.69 bits per heavy atom. The van der Waals surface area contributed by atoms with Crippen molar-refractivity contribution in [1.29, 1.82) is 0 Å². The molecule has 3 aromatic rings. The molecule has 1 aromatic heterocycles. The third-order valence-electron chi connectivity index (χ3n) is 5.16. The van der Waals surface area contributed by atoms with Gasteiger partial charge in [0.05, 0.1) is 17.7 Å². The first-order valence-electron chi connectivity index (χ1n) is 9.94. The first-order chi connectivity index (χ1) is 15.3. The molecule has 0 unspecified atom stereocenters. The Morgan fingerprint density at radius 1 is 0.938 bits per heavy atom. The molecule has 0 aliphatic carbocycles. The second-order valence-electron chi connectivity index (χ2n) is 7.18. The molecule has 164 valence electrons. The maximum Gasteiger partial charge on any atom is 0.416 e. The van der Waals surface area contributed by atoms with E-state index < -0.39 is 23.6 Å². The number of thiophene rings is 1. The van der Waals surface area contributed by atoms with Gasteiger partial charge < -0.3 is 4.90 Å². The van der Waals surface area contributed by atoms with E-state index in [-0.39, 0.29) is 23.4 Å². The van der Waals surface area contributed by atoms with E-state index in [4.69, 9.17) is 0 Å². The van der Waals surface area contributed by atoms with E-state index in [0.29, 0.717) is 11.4 Å². The molecule has 1 aliphatic heterocycles. The summed E-state index contributed by atoms with van der Waals surface area (Å²) in [6, 6.07) is 17.5. The highest BCUT2D eigenvalue weighted by Gasteiger charge is 2.42. The van der Waals surface area contributed by atoms with Gasteiger partial charge in [-0.25, -0.2) is 0 Å². The number of carbonyl (C=O) groups excluding carboxylic acids is 2. The van der Waals surface area contributed by atoms with E-state index in [1.165, 1.54) is 23.5 Å². The van der Waals surface area contributed by atoms with Crippen LogP contribution >= 0.6 is 11.3 Å². The smallest absolute Gasteiger partial charge is 0.337 e. The Labute approximate surface area is 187 Å². The molecule has 0 N–H and O–H groups in total. The van der Waals surface area contributed by atoms with Crippen molar-refractivity contribution in [2.24, 2.45) is 0 Å². The number of hydrogen-bond acceptors (Lipinski definition) is 4. The van der Waals surface area contributed by atoms with Crippen molar-refractivity contribution in [3.05, 3.63) is 93.8 Å². The molecule has 0 spiro atoms. The third kappa shape index (κ3) is 4.05. The van der Waals surface area contributed by atoms with Gasteiger partial charge in [-0.15, -0.1) is 11.3 Å². The third-order valence-corrected chi connectivity index (χ3v) is 6.05. The van der Waals surface area contributed by atoms with Crippen molar-refractivity contribution < 1.29 is 22.8 Å². The summed E-state index contributed by atoms with van der Waals surface area (Å²) < 4.78 is 39.4. The summed E-state index contributed by atoms with van der Waals surface area (Å²) >= 11 is 1.33. The lowest BCUT2D eigenvalue weighted by Gasteiger charge is -2.24. The number of para-hydroxylation sites is 1. The largest absolute Gasteiger partial charge is 0.416 e. The zero-order valence-electron chi connectivity index (χ0n) is 17.1. The number of anilines is 1. The minimum absolute atomic E-state index is 0.232. The summed E-state index contributed by atoms with van der Waals surface area (Å²) in [6.45, 7) is 2.07. The van der Waals surface area contributed by atoms with E-state index in [0.717, 1.165) is 22.7 Å². The van der Waals surface area contributed by atoms with E-state index in [1.54, 1.807) is 17.0 Å². The maximum atomic E-state index is 13.5. The number of rotatable bonds is 6. The van der Waals surface area contributed by atoms with Gasteiger partial charge in [-0.2, -0.15) is 13.2 Å². The van der Waals surface area contributed by atoms with Crippen LogP contribution in [0.3, 0.4) is 0 Å². The number of likely N-dealkylation sites (N-methyl/N-ethyl adjacent to an activating group) is 1. The zero-order valence-corrected chi connectivity index (χ0v) is 17.9. The van der Waals surface area contributed by atoms with Gasteiger partial charge in [0.1, 0.15) is 5.70 Å². The number of carbonyl (C=O) groups is 2. The Hall–Kier alpha value is -3.39. The quantitative estimate of drug-likeness (QED) is 0.455. The molecule has 4 nitrogen and oxygen atoms in total. The molecule has 0 radical (unpaired) electrons. The molecule has 0 fully saturated rings. The fourth-order valence-electron chi connectivity index (χ4n) is 3.71. The summed E-state index contributed by atoms with van der Waals surface area (Å²) in [5.41, 5.74) is 0.665. The molecule has 2 aromatic carbocycles. The number of benzene rings is 2. The fourth-order valence-corrected chi connectivity index (χ4v) is 4.47. The van der Waals surface area contributed by atoms with Crippen LogP contribution in [0.15, 0.2) is 77.8 Å². The first kappa shape index (κ1) is 21.8. The van der Waals surface area contributed by atoms with Crippen LogP contribution in [0.25, 0.3) is 5.57 Å². The number of hydrogen-bond donors (Lipinski definition) is 0. The molecule has 1 aliphatic rings. The van der Waals surface area contributed by atoms with Gasteiger partial charge in [-0.3, -0.25) is 14.5 Å². The monoisotopic (exact) mass is 456 g/mol. The lowest BCUT2D eigenvalue weighted by Crippen LogP contribution is -2.35. The Kier molecular flexibility index (Phi) is 5.88. The van der Waals surface area contributed by atoms with Gasteiger partial charge >= 0.3 is 6.18 Å². The molecule has 0 saturated heterocycles. The SMILES string of the molecule is CCN(C1=C(c2cccs2)C(=O)N(Cc2cccc(C(F)(F)F)c2)C1=O)c1ccccc1. The van der Waals surface area contributed by atoms with Crippen molar-refractivity contribution in [2.75, 3.05) is 11.4 Å². The molecule has 2 amide bonds. The average Bonchev–Trinajstić information content (AvgIpc) is 3.38. The topological polar surface area (TPSA) is 40.6 Å². The van der Waals surface area contributed by atoms with Crippen LogP contribution in [-0.4, -0.2) is 23.3 Å². The number of halogens is 3. The van der Waals surface area contributed by atoms with Crippen molar-refractivity contribution in [1.82, 2.24) is 4.90 Å². The van der Waals surface area contributed by atoms with Crippen LogP contribution in [0.2, 0.25) is 0 Å². The second-order valence-corrected chi connectivity index (χ2v) is 8.12. The van der Waals surface area contributed by atoms with Crippen LogP contribution in [0.5, 0.6) is 0 Å². The van der Waals surface area contributed by atoms with Crippen LogP contribution in [0, 0.1) is 0 Å². The average molecular weight is 456 g/mol. The highest BCUT2D eigenvalue weighted by Crippen LogP contribution is 2.37. The summed E-state index contributed by atoms with van der Waals surface area (Å²) in [4.78, 5) is 30.3. The molecular formula is C24H19F3N2O2S. The van der Waals surface area contributed by atoms with E-state index >= 15 is 0 Å². The van der Waals surface area contributed by atoms with Gasteiger partial charge in [0, 0.05) is 17.1 Å². The van der Waals surface area contributed by atoms with Crippen LogP contribution in [0.1, 0.15) is 22.9 Å². The summed E-state index contributed by atoms with van der Waals surface area (Å²) in [7, 11) is 0. The summed E-state index contributed by atoms with van der Waals surface area (Å²) in [5.74, 6) is -1.04. The van der Waals surface area contributed by atoms with Crippen LogP contribution in [0.4, 0.5) is 18.9 Å². The van der Waals surface area contributed by atoms with E-state index in [9.17, 15) is 22.8 Å². The number of amides is 2. The van der Waals surface area contributed by atoms with Crippen molar-refractivity contribution in [3.8, 4) is 0 Å². The Balaban J connectivity index is 1.75. The predicted molar refractivity (Wildman–Crippen MR) is 118 cm³/mol. The maximum absolute atomic E-state index is 13.5. The van der Waals surface area contributed by atoms with Crippen molar-refractivity contribution in [2.45, 2.75) is 19.6 Å². The molecule has 32 heavy (non-hydrogen) atoms. The fraction of sp³-hybridized carbons (Fsp3) is 0.167. The van der Waals surface area contributed by atoms with Gasteiger partial charge in [0.2, 0.25) is 0 Å². The Morgan fingerprint density at radius 3 is 2.31 bits per heavy atom.